The molecule has 1 aliphatic rings. The van der Waals surface area contributed by atoms with Crippen LogP contribution in [0.5, 0.6) is 11.5 Å². The van der Waals surface area contributed by atoms with Crippen LogP contribution < -0.4 is 19.3 Å². The molecule has 3 rings (SSSR count). The Balaban J connectivity index is 2.02. The summed E-state index contributed by atoms with van der Waals surface area (Å²) in [4.78, 5) is 29.4. The predicted octanol–water partition coefficient (Wildman–Crippen LogP) is 4.38. The van der Waals surface area contributed by atoms with Gasteiger partial charge in [0, 0.05) is 25.8 Å². The minimum Gasteiger partial charge on any atom is -0.493 e. The van der Waals surface area contributed by atoms with E-state index in [-0.39, 0.29) is 5.91 Å². The number of anilines is 2. The van der Waals surface area contributed by atoms with E-state index in [0.717, 1.165) is 16.2 Å². The van der Waals surface area contributed by atoms with Crippen LogP contribution in [0.4, 0.5) is 16.2 Å². The minimum absolute atomic E-state index is 0.323. The topological polar surface area (TPSA) is 68.3 Å². The van der Waals surface area contributed by atoms with E-state index < -0.39 is 17.6 Å². The summed E-state index contributed by atoms with van der Waals surface area (Å²) >= 11 is 0. The number of rotatable bonds is 5. The second-order valence-corrected chi connectivity index (χ2v) is 8.74. The van der Waals surface area contributed by atoms with Crippen molar-refractivity contribution in [3.05, 3.63) is 47.5 Å². The van der Waals surface area contributed by atoms with Crippen LogP contribution in [0, 0.1) is 0 Å². The smallest absolute Gasteiger partial charge is 0.421 e. The van der Waals surface area contributed by atoms with Crippen molar-refractivity contribution in [1.29, 1.82) is 0 Å². The van der Waals surface area contributed by atoms with Gasteiger partial charge in [-0.2, -0.15) is 0 Å². The molecule has 1 aliphatic heterocycles. The summed E-state index contributed by atoms with van der Waals surface area (Å²) in [5.74, 6) is 0.0930. The summed E-state index contributed by atoms with van der Waals surface area (Å²) in [6.45, 7) is 5.31. The fourth-order valence-corrected chi connectivity index (χ4v) is 3.62. The fourth-order valence-electron chi connectivity index (χ4n) is 3.62. The monoisotopic (exact) mass is 426 g/mol. The van der Waals surface area contributed by atoms with Crippen LogP contribution in [0.1, 0.15) is 37.8 Å². The molecule has 1 unspecified atom stereocenters. The molecular formula is C24H30N2O5. The number of hydrogen-bond donors (Lipinski definition) is 0. The van der Waals surface area contributed by atoms with Crippen LogP contribution in [0.2, 0.25) is 0 Å². The number of benzene rings is 2. The summed E-state index contributed by atoms with van der Waals surface area (Å²) in [5, 5.41) is 0. The first-order chi connectivity index (χ1) is 14.6. The Hall–Kier alpha value is -3.22. The van der Waals surface area contributed by atoms with Crippen molar-refractivity contribution in [2.45, 2.75) is 38.7 Å². The number of nitrogens with zero attached hydrogens (tertiary/aromatic N) is 2. The quantitative estimate of drug-likeness (QED) is 0.707. The Morgan fingerprint density at radius 2 is 1.61 bits per heavy atom. The summed E-state index contributed by atoms with van der Waals surface area (Å²) in [7, 11) is 7.01. The van der Waals surface area contributed by atoms with Crippen LogP contribution >= 0.6 is 0 Å². The third-order valence-corrected chi connectivity index (χ3v) is 5.14. The van der Waals surface area contributed by atoms with E-state index >= 15 is 0 Å². The number of methoxy groups -OCH3 is 2. The first-order valence-electron chi connectivity index (χ1n) is 10.1. The lowest BCUT2D eigenvalue weighted by Crippen LogP contribution is -2.39. The van der Waals surface area contributed by atoms with Gasteiger partial charge in [-0.3, -0.25) is 4.79 Å². The normalized spacial score (nSPS) is 15.5. The van der Waals surface area contributed by atoms with Gasteiger partial charge in [0.05, 0.1) is 25.8 Å². The maximum Gasteiger partial charge on any atom is 0.421 e. The second kappa shape index (κ2) is 8.49. The van der Waals surface area contributed by atoms with Crippen LogP contribution in [-0.4, -0.2) is 45.9 Å². The average Bonchev–Trinajstić information content (AvgIpc) is 2.96. The molecule has 1 heterocycles. The molecule has 0 saturated carbocycles. The van der Waals surface area contributed by atoms with Crippen molar-refractivity contribution in [3.63, 3.8) is 0 Å². The zero-order chi connectivity index (χ0) is 22.9. The molecule has 0 fully saturated rings. The van der Waals surface area contributed by atoms with Gasteiger partial charge in [0.15, 0.2) is 11.5 Å². The summed E-state index contributed by atoms with van der Waals surface area (Å²) in [5.41, 5.74) is 2.52. The largest absolute Gasteiger partial charge is 0.493 e. The maximum absolute atomic E-state index is 13.4. The molecule has 2 aromatic rings. The van der Waals surface area contributed by atoms with Crippen molar-refractivity contribution in [2.24, 2.45) is 0 Å². The lowest BCUT2D eigenvalue weighted by Gasteiger charge is -2.24. The van der Waals surface area contributed by atoms with E-state index in [1.807, 2.05) is 43.3 Å². The third kappa shape index (κ3) is 4.60. The zero-order valence-corrected chi connectivity index (χ0v) is 19.2. The van der Waals surface area contributed by atoms with Gasteiger partial charge in [-0.25, -0.2) is 9.69 Å². The molecule has 2 amide bonds. The predicted molar refractivity (Wildman–Crippen MR) is 120 cm³/mol. The molecule has 1 atom stereocenters. The van der Waals surface area contributed by atoms with Gasteiger partial charge in [0.25, 0.3) is 0 Å². The first kappa shape index (κ1) is 22.5. The van der Waals surface area contributed by atoms with Gasteiger partial charge in [-0.15, -0.1) is 0 Å². The summed E-state index contributed by atoms with van der Waals surface area (Å²) in [6, 6.07) is 11.4. The summed E-state index contributed by atoms with van der Waals surface area (Å²) < 4.78 is 16.3. The SMILES string of the molecule is COc1cc2c(cc1OC)N(C(=O)OC(C)(C)C)C(=O)C2Cc1ccc(N(C)C)cc1. The van der Waals surface area contributed by atoms with E-state index in [2.05, 4.69) is 0 Å². The lowest BCUT2D eigenvalue weighted by molar-refractivity contribution is -0.119. The van der Waals surface area contributed by atoms with Gasteiger partial charge in [0.1, 0.15) is 5.60 Å². The molecule has 0 radical (unpaired) electrons. The van der Waals surface area contributed by atoms with Crippen LogP contribution in [0.15, 0.2) is 36.4 Å². The van der Waals surface area contributed by atoms with Gasteiger partial charge < -0.3 is 19.1 Å². The van der Waals surface area contributed by atoms with Crippen molar-refractivity contribution in [3.8, 4) is 11.5 Å². The van der Waals surface area contributed by atoms with Gasteiger partial charge >= 0.3 is 6.09 Å². The molecule has 31 heavy (non-hydrogen) atoms. The highest BCUT2D eigenvalue weighted by Gasteiger charge is 2.43. The number of fused-ring (bicyclic) bond motifs is 1. The standard InChI is InChI=1S/C24H30N2O5/c1-24(2,3)31-23(28)26-19-14-21(30-7)20(29-6)13-17(19)18(22(26)27)12-15-8-10-16(11-9-15)25(4)5/h8-11,13-14,18H,12H2,1-7H3. The van der Waals surface area contributed by atoms with Crippen molar-refractivity contribution in [2.75, 3.05) is 38.1 Å². The number of carbonyl (C=O) groups excluding carboxylic acids is 2. The highest BCUT2D eigenvalue weighted by Crippen LogP contribution is 2.45. The number of amides is 2. The van der Waals surface area contributed by atoms with Crippen LogP contribution in [0.3, 0.4) is 0 Å². The zero-order valence-electron chi connectivity index (χ0n) is 19.2. The lowest BCUT2D eigenvalue weighted by atomic mass is 9.93. The Kier molecular flexibility index (Phi) is 6.15. The number of hydrogen-bond acceptors (Lipinski definition) is 6. The number of ether oxygens (including phenoxy) is 3. The molecule has 0 aromatic heterocycles. The molecule has 0 saturated heterocycles. The fraction of sp³-hybridized carbons (Fsp3) is 0.417. The minimum atomic E-state index is -0.728. The van der Waals surface area contributed by atoms with Crippen LogP contribution in [0.25, 0.3) is 0 Å². The second-order valence-electron chi connectivity index (χ2n) is 8.74. The summed E-state index contributed by atoms with van der Waals surface area (Å²) in [6.07, 6.45) is -0.245. The van der Waals surface area contributed by atoms with Gasteiger partial charge in [-0.1, -0.05) is 12.1 Å². The van der Waals surface area contributed by atoms with E-state index in [9.17, 15) is 9.59 Å². The molecule has 0 N–H and O–H groups in total. The molecule has 7 heteroatoms. The van der Waals surface area contributed by atoms with E-state index in [1.54, 1.807) is 40.0 Å². The highest BCUT2D eigenvalue weighted by atomic mass is 16.6. The molecule has 0 spiro atoms. The molecular weight excluding hydrogens is 396 g/mol. The third-order valence-electron chi connectivity index (χ3n) is 5.14. The molecule has 0 aliphatic carbocycles. The Morgan fingerprint density at radius 3 is 2.13 bits per heavy atom. The van der Waals surface area contributed by atoms with Crippen LogP contribution in [-0.2, 0) is 16.0 Å². The highest BCUT2D eigenvalue weighted by molar-refractivity contribution is 6.19. The first-order valence-corrected chi connectivity index (χ1v) is 10.1. The van der Waals surface area contributed by atoms with Crippen molar-refractivity contribution in [1.82, 2.24) is 0 Å². The van der Waals surface area contributed by atoms with Gasteiger partial charge in [0.2, 0.25) is 5.91 Å². The Morgan fingerprint density at radius 1 is 1.03 bits per heavy atom. The molecule has 0 bridgehead atoms. The molecule has 7 nitrogen and oxygen atoms in total. The number of carbonyl (C=O) groups is 2. The Labute approximate surface area is 183 Å². The van der Waals surface area contributed by atoms with E-state index in [0.29, 0.717) is 29.2 Å². The van der Waals surface area contributed by atoms with Crippen molar-refractivity contribution < 1.29 is 23.8 Å². The van der Waals surface area contributed by atoms with Crippen molar-refractivity contribution >= 4 is 23.4 Å². The van der Waals surface area contributed by atoms with Gasteiger partial charge in [-0.05, 0) is 56.5 Å². The average molecular weight is 427 g/mol. The molecule has 166 valence electrons. The molecule has 2 aromatic carbocycles. The van der Waals surface area contributed by atoms with E-state index in [1.165, 1.54) is 7.11 Å². The van der Waals surface area contributed by atoms with E-state index in [4.69, 9.17) is 14.2 Å². The Bertz CT molecular complexity index is 977. The number of imide groups is 1. The maximum atomic E-state index is 13.4.